The fourth-order valence-corrected chi connectivity index (χ4v) is 2.63. The molecule has 0 spiro atoms. The zero-order valence-corrected chi connectivity index (χ0v) is 12.9. The van der Waals surface area contributed by atoms with Crippen molar-refractivity contribution in [1.82, 2.24) is 4.98 Å². The number of thioether (sulfide) groups is 1. The summed E-state index contributed by atoms with van der Waals surface area (Å²) in [6.07, 6.45) is 3.61. The van der Waals surface area contributed by atoms with Crippen LogP contribution in [0.25, 0.3) is 0 Å². The van der Waals surface area contributed by atoms with Crippen LogP contribution in [0.15, 0.2) is 23.4 Å². The van der Waals surface area contributed by atoms with Crippen LogP contribution in [0.3, 0.4) is 0 Å². The van der Waals surface area contributed by atoms with Crippen LogP contribution in [-0.4, -0.2) is 36.7 Å². The van der Waals surface area contributed by atoms with Gasteiger partial charge in [0.25, 0.3) is 0 Å². The smallest absolute Gasteiger partial charge is 0.200 e. The van der Waals surface area contributed by atoms with Crippen LogP contribution in [0.1, 0.15) is 20.8 Å². The van der Waals surface area contributed by atoms with Gasteiger partial charge in [0.1, 0.15) is 0 Å². The third-order valence-corrected chi connectivity index (χ3v) is 5.47. The summed E-state index contributed by atoms with van der Waals surface area (Å²) in [6, 6.07) is 3.31. The van der Waals surface area contributed by atoms with E-state index in [2.05, 4.69) is 10.3 Å². The quantitative estimate of drug-likeness (QED) is 0.843. The first-order chi connectivity index (χ1) is 8.29. The molecule has 102 valence electrons. The molecule has 0 amide bonds. The normalized spacial score (nSPS) is 12.4. The van der Waals surface area contributed by atoms with Gasteiger partial charge >= 0.3 is 0 Å². The topological polar surface area (TPSA) is 59.1 Å². The molecule has 0 bridgehead atoms. The van der Waals surface area contributed by atoms with Crippen molar-refractivity contribution >= 4 is 27.3 Å². The molecular weight excluding hydrogens is 268 g/mol. The van der Waals surface area contributed by atoms with Crippen LogP contribution in [-0.2, 0) is 9.84 Å². The Bertz CT molecular complexity index is 476. The Morgan fingerprint density at radius 3 is 2.44 bits per heavy atom. The molecule has 1 aromatic rings. The van der Waals surface area contributed by atoms with E-state index in [1.165, 1.54) is 0 Å². The van der Waals surface area contributed by atoms with E-state index in [-0.39, 0.29) is 5.03 Å². The molecule has 0 atom stereocenters. The van der Waals surface area contributed by atoms with E-state index in [0.29, 0.717) is 0 Å². The predicted octanol–water partition coefficient (Wildman–Crippen LogP) is 2.43. The zero-order chi connectivity index (χ0) is 13.8. The number of sulfone groups is 1. The number of nitrogens with zero attached hydrogens (tertiary/aromatic N) is 1. The second-order valence-electron chi connectivity index (χ2n) is 4.92. The molecule has 0 radical (unpaired) electrons. The van der Waals surface area contributed by atoms with Gasteiger partial charge in [-0.3, -0.25) is 0 Å². The number of pyridine rings is 1. The van der Waals surface area contributed by atoms with Crippen molar-refractivity contribution < 1.29 is 8.42 Å². The molecule has 6 heteroatoms. The van der Waals surface area contributed by atoms with E-state index in [4.69, 9.17) is 0 Å². The van der Waals surface area contributed by atoms with E-state index >= 15 is 0 Å². The Labute approximate surface area is 114 Å². The second-order valence-corrected chi connectivity index (χ2v) is 8.56. The summed E-state index contributed by atoms with van der Waals surface area (Å²) in [7, 11) is -3.36. The molecule has 0 aliphatic heterocycles. The van der Waals surface area contributed by atoms with Crippen LogP contribution >= 0.6 is 11.8 Å². The summed E-state index contributed by atoms with van der Waals surface area (Å²) in [5, 5.41) is 3.31. The van der Waals surface area contributed by atoms with Gasteiger partial charge in [0, 0.05) is 12.3 Å². The molecular formula is C12H20N2O2S2. The van der Waals surface area contributed by atoms with Gasteiger partial charge in [-0.2, -0.15) is 11.8 Å². The Balaban J connectivity index is 2.84. The Morgan fingerprint density at radius 2 is 2.00 bits per heavy atom. The summed E-state index contributed by atoms with van der Waals surface area (Å²) >= 11 is 1.75. The van der Waals surface area contributed by atoms with Gasteiger partial charge in [0.15, 0.2) is 14.9 Å². The Morgan fingerprint density at radius 1 is 1.33 bits per heavy atom. The van der Waals surface area contributed by atoms with Gasteiger partial charge in [-0.1, -0.05) is 0 Å². The van der Waals surface area contributed by atoms with Gasteiger partial charge in [-0.25, -0.2) is 13.4 Å². The van der Waals surface area contributed by atoms with Crippen LogP contribution in [0, 0.1) is 0 Å². The average Bonchev–Trinajstić information content (AvgIpc) is 2.28. The van der Waals surface area contributed by atoms with Crippen molar-refractivity contribution in [3.05, 3.63) is 18.3 Å². The van der Waals surface area contributed by atoms with E-state index in [1.54, 1.807) is 50.9 Å². The van der Waals surface area contributed by atoms with Crippen LogP contribution in [0.2, 0.25) is 0 Å². The lowest BCUT2D eigenvalue weighted by molar-refractivity contribution is 0.556. The highest BCUT2D eigenvalue weighted by atomic mass is 32.2. The summed E-state index contributed by atoms with van der Waals surface area (Å²) < 4.78 is 23.5. The molecule has 0 fully saturated rings. The minimum atomic E-state index is -3.36. The molecule has 1 heterocycles. The molecule has 18 heavy (non-hydrogen) atoms. The molecule has 0 aromatic carbocycles. The predicted molar refractivity (Wildman–Crippen MR) is 78.0 cm³/mol. The average molecular weight is 288 g/mol. The molecule has 0 aliphatic carbocycles. The fraction of sp³-hybridized carbons (Fsp3) is 0.583. The van der Waals surface area contributed by atoms with Gasteiger partial charge in [0.2, 0.25) is 0 Å². The summed E-state index contributed by atoms with van der Waals surface area (Å²) in [6.45, 7) is 5.87. The number of aromatic nitrogens is 1. The number of nitrogens with one attached hydrogen (secondary N) is 1. The molecule has 1 aromatic heterocycles. The molecule has 0 aliphatic rings. The maximum absolute atomic E-state index is 12.1. The SMILES string of the molecule is CSCCNc1ccc(S(=O)(=O)C(C)(C)C)nc1. The highest BCUT2D eigenvalue weighted by molar-refractivity contribution is 7.98. The van der Waals surface area contributed by atoms with Crippen molar-refractivity contribution in [3.8, 4) is 0 Å². The van der Waals surface area contributed by atoms with Crippen LogP contribution in [0.5, 0.6) is 0 Å². The molecule has 1 N–H and O–H groups in total. The second kappa shape index (κ2) is 5.93. The molecule has 0 saturated heterocycles. The maximum atomic E-state index is 12.1. The van der Waals surface area contributed by atoms with Crippen LogP contribution in [0.4, 0.5) is 5.69 Å². The first kappa shape index (κ1) is 15.3. The molecule has 0 saturated carbocycles. The zero-order valence-electron chi connectivity index (χ0n) is 11.2. The molecule has 4 nitrogen and oxygen atoms in total. The van der Waals surface area contributed by atoms with Crippen molar-refractivity contribution in [2.45, 2.75) is 30.5 Å². The van der Waals surface area contributed by atoms with Gasteiger partial charge < -0.3 is 5.32 Å². The highest BCUT2D eigenvalue weighted by Crippen LogP contribution is 2.23. The Hall–Kier alpha value is -0.750. The van der Waals surface area contributed by atoms with Crippen LogP contribution < -0.4 is 5.32 Å². The van der Waals surface area contributed by atoms with Gasteiger partial charge in [0.05, 0.1) is 16.6 Å². The summed E-state index contributed by atoms with van der Waals surface area (Å²) in [4.78, 5) is 4.04. The molecule has 0 unspecified atom stereocenters. The number of hydrogen-bond acceptors (Lipinski definition) is 5. The number of hydrogen-bond donors (Lipinski definition) is 1. The lowest BCUT2D eigenvalue weighted by Crippen LogP contribution is -2.28. The third kappa shape index (κ3) is 3.62. The first-order valence-electron chi connectivity index (χ1n) is 5.72. The third-order valence-electron chi connectivity index (χ3n) is 2.45. The van der Waals surface area contributed by atoms with E-state index in [9.17, 15) is 8.42 Å². The van der Waals surface area contributed by atoms with E-state index in [1.807, 2.05) is 6.26 Å². The van der Waals surface area contributed by atoms with Crippen molar-refractivity contribution in [3.63, 3.8) is 0 Å². The van der Waals surface area contributed by atoms with Gasteiger partial charge in [-0.05, 0) is 39.2 Å². The highest BCUT2D eigenvalue weighted by Gasteiger charge is 2.31. The summed E-state index contributed by atoms with van der Waals surface area (Å²) in [5.41, 5.74) is 0.844. The monoisotopic (exact) mass is 288 g/mol. The minimum absolute atomic E-state index is 0.130. The van der Waals surface area contributed by atoms with Crippen molar-refractivity contribution in [2.24, 2.45) is 0 Å². The molecule has 1 rings (SSSR count). The fourth-order valence-electron chi connectivity index (χ4n) is 1.25. The summed E-state index contributed by atoms with van der Waals surface area (Å²) in [5.74, 6) is 1.00. The lowest BCUT2D eigenvalue weighted by atomic mass is 10.3. The number of rotatable bonds is 5. The first-order valence-corrected chi connectivity index (χ1v) is 8.60. The van der Waals surface area contributed by atoms with E-state index < -0.39 is 14.6 Å². The maximum Gasteiger partial charge on any atom is 0.200 e. The van der Waals surface area contributed by atoms with Gasteiger partial charge in [-0.15, -0.1) is 0 Å². The Kier molecular flexibility index (Phi) is 5.04. The van der Waals surface area contributed by atoms with E-state index in [0.717, 1.165) is 18.0 Å². The largest absolute Gasteiger partial charge is 0.383 e. The minimum Gasteiger partial charge on any atom is -0.383 e. The number of anilines is 1. The standard InChI is InChI=1S/C12H20N2O2S2/c1-12(2,3)18(15,16)11-6-5-10(9-14-11)13-7-8-17-4/h5-6,9,13H,7-8H2,1-4H3. The van der Waals surface area contributed by atoms with Crippen molar-refractivity contribution in [2.75, 3.05) is 23.9 Å². The lowest BCUT2D eigenvalue weighted by Gasteiger charge is -2.18. The van der Waals surface area contributed by atoms with Crippen molar-refractivity contribution in [1.29, 1.82) is 0 Å².